The number of benzene rings is 2. The van der Waals surface area contributed by atoms with Crippen molar-refractivity contribution in [2.24, 2.45) is 7.05 Å². The van der Waals surface area contributed by atoms with Gasteiger partial charge in [-0.05, 0) is 30.3 Å². The molecule has 0 aliphatic heterocycles. The minimum atomic E-state index is -0.929. The molecular weight excluding hydrogens is 294 g/mol. The van der Waals surface area contributed by atoms with Crippen molar-refractivity contribution >= 4 is 16.9 Å². The Morgan fingerprint density at radius 3 is 2.61 bits per heavy atom. The van der Waals surface area contributed by atoms with Crippen molar-refractivity contribution < 1.29 is 19.4 Å². The molecule has 3 aromatic rings. The van der Waals surface area contributed by atoms with Gasteiger partial charge in [-0.25, -0.2) is 4.79 Å². The fourth-order valence-corrected chi connectivity index (χ4v) is 2.59. The molecule has 0 aliphatic rings. The molecule has 118 valence electrons. The highest BCUT2D eigenvalue weighted by atomic mass is 16.5. The van der Waals surface area contributed by atoms with Gasteiger partial charge < -0.3 is 19.1 Å². The van der Waals surface area contributed by atoms with Gasteiger partial charge in [-0.2, -0.15) is 0 Å². The van der Waals surface area contributed by atoms with Gasteiger partial charge in [-0.1, -0.05) is 12.1 Å². The second-order valence-electron chi connectivity index (χ2n) is 5.21. The number of ether oxygens (including phenoxy) is 2. The molecule has 0 fully saturated rings. The van der Waals surface area contributed by atoms with Crippen LogP contribution < -0.4 is 9.47 Å². The van der Waals surface area contributed by atoms with E-state index in [9.17, 15) is 9.90 Å². The number of fused-ring (bicyclic) bond motifs is 1. The molecule has 1 heterocycles. The summed E-state index contributed by atoms with van der Waals surface area (Å²) in [6.45, 7) is 0.345. The Labute approximate surface area is 133 Å². The van der Waals surface area contributed by atoms with E-state index in [0.29, 0.717) is 23.3 Å². The van der Waals surface area contributed by atoms with Crippen LogP contribution in [0.4, 0.5) is 0 Å². The number of carbonyl (C=O) groups is 1. The number of aromatic nitrogens is 1. The van der Waals surface area contributed by atoms with E-state index in [0.717, 1.165) is 17.0 Å². The van der Waals surface area contributed by atoms with Gasteiger partial charge in [0.25, 0.3) is 0 Å². The molecule has 0 unspecified atom stereocenters. The first-order chi connectivity index (χ1) is 11.1. The van der Waals surface area contributed by atoms with Crippen molar-refractivity contribution in [3.05, 3.63) is 59.8 Å². The molecule has 5 nitrogen and oxygen atoms in total. The summed E-state index contributed by atoms with van der Waals surface area (Å²) in [5.74, 6) is 0.502. The Morgan fingerprint density at radius 2 is 1.87 bits per heavy atom. The van der Waals surface area contributed by atoms with Crippen molar-refractivity contribution in [2.75, 3.05) is 7.11 Å². The number of nitrogens with zero attached hydrogens (tertiary/aromatic N) is 1. The molecule has 1 N–H and O–H groups in total. The van der Waals surface area contributed by atoms with Gasteiger partial charge in [0.15, 0.2) is 0 Å². The molecular formula is C18H17NO4. The Balaban J connectivity index is 1.90. The van der Waals surface area contributed by atoms with Crippen molar-refractivity contribution in [1.82, 2.24) is 4.57 Å². The van der Waals surface area contributed by atoms with Gasteiger partial charge in [-0.3, -0.25) is 0 Å². The second kappa shape index (κ2) is 6.04. The lowest BCUT2D eigenvalue weighted by Crippen LogP contribution is -2.01. The molecule has 23 heavy (non-hydrogen) atoms. The Kier molecular flexibility index (Phi) is 3.93. The smallest absolute Gasteiger partial charge is 0.336 e. The number of hydrogen-bond acceptors (Lipinski definition) is 3. The molecule has 0 amide bonds. The van der Waals surface area contributed by atoms with Crippen LogP contribution in [0.2, 0.25) is 0 Å². The Hall–Kier alpha value is -2.95. The van der Waals surface area contributed by atoms with Crippen LogP contribution in [-0.4, -0.2) is 22.8 Å². The minimum absolute atomic E-state index is 0.297. The highest BCUT2D eigenvalue weighted by Gasteiger charge is 2.13. The number of rotatable bonds is 5. The molecule has 2 aromatic carbocycles. The molecule has 0 bridgehead atoms. The molecule has 0 atom stereocenters. The quantitative estimate of drug-likeness (QED) is 0.784. The zero-order valence-electron chi connectivity index (χ0n) is 12.9. The number of methoxy groups -OCH3 is 1. The van der Waals surface area contributed by atoms with Crippen LogP contribution in [0.3, 0.4) is 0 Å². The maximum absolute atomic E-state index is 11.3. The van der Waals surface area contributed by atoms with Crippen molar-refractivity contribution in [1.29, 1.82) is 0 Å². The van der Waals surface area contributed by atoms with Crippen molar-refractivity contribution in [3.63, 3.8) is 0 Å². The van der Waals surface area contributed by atoms with Crippen LogP contribution in [0.1, 0.15) is 16.1 Å². The predicted molar refractivity (Wildman–Crippen MR) is 87.2 cm³/mol. The van der Waals surface area contributed by atoms with Crippen LogP contribution in [0, 0.1) is 0 Å². The molecule has 3 rings (SSSR count). The maximum atomic E-state index is 11.3. The van der Waals surface area contributed by atoms with E-state index in [2.05, 4.69) is 0 Å². The summed E-state index contributed by atoms with van der Waals surface area (Å²) in [6, 6.07) is 14.5. The largest absolute Gasteiger partial charge is 0.497 e. The minimum Gasteiger partial charge on any atom is -0.497 e. The molecule has 0 saturated carbocycles. The summed E-state index contributed by atoms with van der Waals surface area (Å²) in [7, 11) is 3.51. The van der Waals surface area contributed by atoms with Gasteiger partial charge in [0, 0.05) is 24.0 Å². The van der Waals surface area contributed by atoms with E-state index < -0.39 is 5.97 Å². The first-order valence-electron chi connectivity index (χ1n) is 7.17. The number of hydrogen-bond donors (Lipinski definition) is 1. The van der Waals surface area contributed by atoms with Gasteiger partial charge in [0.2, 0.25) is 0 Å². The average molecular weight is 311 g/mol. The molecule has 5 heteroatoms. The van der Waals surface area contributed by atoms with Gasteiger partial charge in [0.1, 0.15) is 18.1 Å². The number of carboxylic acid groups (broad SMARTS) is 1. The van der Waals surface area contributed by atoms with E-state index >= 15 is 0 Å². The number of aryl methyl sites for hydroxylation is 1. The second-order valence-corrected chi connectivity index (χ2v) is 5.21. The third-order valence-corrected chi connectivity index (χ3v) is 3.84. The standard InChI is InChI=1S/C18H17NO4/c1-19-12(11-23-14-6-3-5-13(10-14)22-2)9-16-15(18(20)21)7-4-8-17(16)19/h3-10H,11H2,1-2H3,(H,20,21). The number of aromatic carboxylic acids is 1. The lowest BCUT2D eigenvalue weighted by atomic mass is 10.1. The lowest BCUT2D eigenvalue weighted by Gasteiger charge is -2.08. The van der Waals surface area contributed by atoms with Crippen LogP contribution in [0.5, 0.6) is 11.5 Å². The zero-order chi connectivity index (χ0) is 16.4. The monoisotopic (exact) mass is 311 g/mol. The summed E-state index contributed by atoms with van der Waals surface area (Å²) in [5.41, 5.74) is 2.07. The van der Waals surface area contributed by atoms with Crippen LogP contribution in [-0.2, 0) is 13.7 Å². The van der Waals surface area contributed by atoms with Crippen molar-refractivity contribution in [3.8, 4) is 11.5 Å². The summed E-state index contributed by atoms with van der Waals surface area (Å²) in [4.78, 5) is 11.3. The molecule has 0 spiro atoms. The third-order valence-electron chi connectivity index (χ3n) is 3.84. The first kappa shape index (κ1) is 15.0. The van der Waals surface area contributed by atoms with E-state index in [1.54, 1.807) is 19.2 Å². The zero-order valence-corrected chi connectivity index (χ0v) is 12.9. The normalized spacial score (nSPS) is 10.7. The molecule has 0 radical (unpaired) electrons. The number of carboxylic acids is 1. The lowest BCUT2D eigenvalue weighted by molar-refractivity contribution is 0.0699. The maximum Gasteiger partial charge on any atom is 0.336 e. The molecule has 0 aliphatic carbocycles. The highest BCUT2D eigenvalue weighted by molar-refractivity contribution is 6.03. The van der Waals surface area contributed by atoms with Gasteiger partial charge in [-0.15, -0.1) is 0 Å². The fraction of sp³-hybridized carbons (Fsp3) is 0.167. The molecule has 1 aromatic heterocycles. The van der Waals surface area contributed by atoms with E-state index in [1.165, 1.54) is 0 Å². The summed E-state index contributed by atoms with van der Waals surface area (Å²) in [6.07, 6.45) is 0. The Morgan fingerprint density at radius 1 is 1.13 bits per heavy atom. The highest BCUT2D eigenvalue weighted by Crippen LogP contribution is 2.25. The molecule has 0 saturated heterocycles. The fourth-order valence-electron chi connectivity index (χ4n) is 2.59. The van der Waals surface area contributed by atoms with Gasteiger partial charge in [0.05, 0.1) is 18.4 Å². The SMILES string of the molecule is COc1cccc(OCc2cc3c(C(=O)O)cccc3n2C)c1. The van der Waals surface area contributed by atoms with Crippen LogP contribution in [0.25, 0.3) is 10.9 Å². The van der Waals surface area contributed by atoms with Crippen LogP contribution >= 0.6 is 0 Å². The summed E-state index contributed by atoms with van der Waals surface area (Å²) in [5, 5.41) is 10.0. The van der Waals surface area contributed by atoms with E-state index in [-0.39, 0.29) is 0 Å². The van der Waals surface area contributed by atoms with E-state index in [4.69, 9.17) is 9.47 Å². The van der Waals surface area contributed by atoms with Crippen molar-refractivity contribution in [2.45, 2.75) is 6.61 Å². The van der Waals surface area contributed by atoms with Gasteiger partial charge >= 0.3 is 5.97 Å². The summed E-state index contributed by atoms with van der Waals surface area (Å²) < 4.78 is 12.9. The van der Waals surface area contributed by atoms with E-state index in [1.807, 2.05) is 48.0 Å². The Bertz CT molecular complexity index is 867. The third kappa shape index (κ3) is 2.85. The average Bonchev–Trinajstić information content (AvgIpc) is 2.89. The van der Waals surface area contributed by atoms with Crippen LogP contribution in [0.15, 0.2) is 48.5 Å². The summed E-state index contributed by atoms with van der Waals surface area (Å²) >= 11 is 0. The topological polar surface area (TPSA) is 60.7 Å². The first-order valence-corrected chi connectivity index (χ1v) is 7.17. The predicted octanol–water partition coefficient (Wildman–Crippen LogP) is 3.46.